The van der Waals surface area contributed by atoms with Crippen molar-refractivity contribution < 1.29 is 28.6 Å². The Bertz CT molecular complexity index is 984. The molecule has 0 aliphatic heterocycles. The van der Waals surface area contributed by atoms with Crippen LogP contribution in [0.4, 0.5) is 0 Å². The molecule has 0 saturated heterocycles. The van der Waals surface area contributed by atoms with Gasteiger partial charge in [0.15, 0.2) is 6.10 Å². The van der Waals surface area contributed by atoms with Gasteiger partial charge in [-0.15, -0.1) is 0 Å². The van der Waals surface area contributed by atoms with Crippen molar-refractivity contribution in [3.8, 4) is 0 Å². The summed E-state index contributed by atoms with van der Waals surface area (Å²) in [5.41, 5.74) is 0. The SMILES string of the molecule is CCCC/C=C\C=C/CCCCCC(=O)OC(COC(=O)CCCCCCC/C=C\CCCCCCCCCCC)COC(=O)CCCCCCCCCCCCC. The maximum Gasteiger partial charge on any atom is 0.306 e. The van der Waals surface area contributed by atoms with Crippen LogP contribution in [-0.2, 0) is 28.6 Å². The number of esters is 3. The van der Waals surface area contributed by atoms with Gasteiger partial charge in [-0.1, -0.05) is 211 Å². The van der Waals surface area contributed by atoms with E-state index in [0.717, 1.165) is 77.0 Å². The molecule has 0 rings (SSSR count). The lowest BCUT2D eigenvalue weighted by molar-refractivity contribution is -0.167. The molecule has 6 heteroatoms. The van der Waals surface area contributed by atoms with Crippen LogP contribution in [0.15, 0.2) is 36.5 Å². The molecule has 0 aliphatic carbocycles. The molecule has 0 saturated carbocycles. The number of hydrogen-bond donors (Lipinski definition) is 0. The van der Waals surface area contributed by atoms with Crippen LogP contribution in [0.5, 0.6) is 0 Å². The van der Waals surface area contributed by atoms with Gasteiger partial charge in [0, 0.05) is 19.3 Å². The summed E-state index contributed by atoms with van der Waals surface area (Å²) in [6, 6.07) is 0. The maximum atomic E-state index is 12.7. The minimum Gasteiger partial charge on any atom is -0.462 e. The fourth-order valence-electron chi connectivity index (χ4n) is 7.06. The first-order chi connectivity index (χ1) is 28.5. The molecule has 0 aromatic rings. The molecule has 1 unspecified atom stereocenters. The van der Waals surface area contributed by atoms with E-state index in [0.29, 0.717) is 19.3 Å². The number of allylic oxidation sites excluding steroid dienone is 6. The molecule has 0 fully saturated rings. The largest absolute Gasteiger partial charge is 0.462 e. The van der Waals surface area contributed by atoms with E-state index in [4.69, 9.17) is 14.2 Å². The zero-order valence-electron chi connectivity index (χ0n) is 38.6. The van der Waals surface area contributed by atoms with E-state index in [2.05, 4.69) is 57.2 Å². The highest BCUT2D eigenvalue weighted by Crippen LogP contribution is 2.15. The Balaban J connectivity index is 4.33. The third-order valence-electron chi connectivity index (χ3n) is 10.9. The van der Waals surface area contributed by atoms with Gasteiger partial charge in [-0.25, -0.2) is 0 Å². The molecule has 0 N–H and O–H groups in total. The third kappa shape index (κ3) is 44.7. The highest BCUT2D eigenvalue weighted by molar-refractivity contribution is 5.71. The number of carbonyl (C=O) groups excluding carboxylic acids is 3. The molecule has 0 aromatic heterocycles. The van der Waals surface area contributed by atoms with Gasteiger partial charge in [-0.3, -0.25) is 14.4 Å². The van der Waals surface area contributed by atoms with Gasteiger partial charge in [0.1, 0.15) is 13.2 Å². The Kier molecular flexibility index (Phi) is 45.4. The predicted octanol–water partition coefficient (Wildman–Crippen LogP) is 16.1. The summed E-state index contributed by atoms with van der Waals surface area (Å²) in [6.07, 6.45) is 54.2. The van der Waals surface area contributed by atoms with Crippen molar-refractivity contribution >= 4 is 17.9 Å². The number of carbonyl (C=O) groups is 3. The normalized spacial score (nSPS) is 12.3. The third-order valence-corrected chi connectivity index (χ3v) is 10.9. The van der Waals surface area contributed by atoms with Crippen LogP contribution >= 0.6 is 0 Å². The minimum absolute atomic E-state index is 0.0832. The quantitative estimate of drug-likeness (QED) is 0.0200. The van der Waals surface area contributed by atoms with Gasteiger partial charge >= 0.3 is 17.9 Å². The first kappa shape index (κ1) is 55.6. The molecule has 0 bridgehead atoms. The van der Waals surface area contributed by atoms with Gasteiger partial charge < -0.3 is 14.2 Å². The number of hydrogen-bond acceptors (Lipinski definition) is 6. The van der Waals surface area contributed by atoms with Gasteiger partial charge in [0.2, 0.25) is 0 Å². The average Bonchev–Trinajstić information content (AvgIpc) is 3.22. The second-order valence-corrected chi connectivity index (χ2v) is 16.8. The van der Waals surface area contributed by atoms with Crippen LogP contribution in [0.1, 0.15) is 258 Å². The molecule has 0 spiro atoms. The molecule has 58 heavy (non-hydrogen) atoms. The van der Waals surface area contributed by atoms with Crippen LogP contribution in [0.25, 0.3) is 0 Å². The monoisotopic (exact) mass is 815 g/mol. The van der Waals surface area contributed by atoms with Crippen LogP contribution in [0, 0.1) is 0 Å². The second-order valence-electron chi connectivity index (χ2n) is 16.8. The van der Waals surface area contributed by atoms with E-state index in [-0.39, 0.29) is 31.1 Å². The van der Waals surface area contributed by atoms with Crippen LogP contribution in [-0.4, -0.2) is 37.2 Å². The average molecular weight is 815 g/mol. The topological polar surface area (TPSA) is 78.9 Å². The molecule has 0 aliphatic rings. The lowest BCUT2D eigenvalue weighted by Crippen LogP contribution is -2.30. The highest BCUT2D eigenvalue weighted by Gasteiger charge is 2.19. The fraction of sp³-hybridized carbons (Fsp3) is 0.827. The zero-order valence-corrected chi connectivity index (χ0v) is 38.6. The molecular weight excluding hydrogens is 721 g/mol. The summed E-state index contributed by atoms with van der Waals surface area (Å²) < 4.78 is 16.7. The van der Waals surface area contributed by atoms with Crippen LogP contribution in [0.2, 0.25) is 0 Å². The Morgan fingerprint density at radius 1 is 0.345 bits per heavy atom. The summed E-state index contributed by atoms with van der Waals surface area (Å²) >= 11 is 0. The molecule has 0 heterocycles. The van der Waals surface area contributed by atoms with Crippen molar-refractivity contribution in [2.75, 3.05) is 13.2 Å². The van der Waals surface area contributed by atoms with Gasteiger partial charge in [-0.05, 0) is 64.2 Å². The summed E-state index contributed by atoms with van der Waals surface area (Å²) in [7, 11) is 0. The van der Waals surface area contributed by atoms with E-state index in [1.54, 1.807) is 0 Å². The lowest BCUT2D eigenvalue weighted by Gasteiger charge is -2.18. The van der Waals surface area contributed by atoms with Crippen molar-refractivity contribution in [1.82, 2.24) is 0 Å². The summed E-state index contributed by atoms with van der Waals surface area (Å²) in [5, 5.41) is 0. The van der Waals surface area contributed by atoms with Crippen molar-refractivity contribution in [2.24, 2.45) is 0 Å². The van der Waals surface area contributed by atoms with Crippen LogP contribution < -0.4 is 0 Å². The Hall–Kier alpha value is -2.37. The van der Waals surface area contributed by atoms with Gasteiger partial charge in [0.05, 0.1) is 0 Å². The molecular formula is C52H94O6. The summed E-state index contributed by atoms with van der Waals surface area (Å²) in [4.78, 5) is 37.8. The number of ether oxygens (including phenoxy) is 3. The van der Waals surface area contributed by atoms with Crippen molar-refractivity contribution in [3.05, 3.63) is 36.5 Å². The van der Waals surface area contributed by atoms with E-state index < -0.39 is 6.10 Å². The molecule has 0 radical (unpaired) electrons. The Morgan fingerprint density at radius 2 is 0.638 bits per heavy atom. The summed E-state index contributed by atoms with van der Waals surface area (Å²) in [6.45, 7) is 6.56. The standard InChI is InChI=1S/C52H94O6/c1-4-7-10-13-16-19-22-23-24-25-26-27-28-31-33-36-39-42-45-51(54)57-48-49(58-52(55)46-43-40-37-34-30-21-18-15-12-9-6-3)47-56-50(53)44-41-38-35-32-29-20-17-14-11-8-5-2/h15,18,21,26-27,30,49H,4-14,16-17,19-20,22-25,28-29,31-48H2,1-3H3/b18-15-,27-26-,30-21-. The zero-order chi connectivity index (χ0) is 42.3. The minimum atomic E-state index is -0.784. The van der Waals surface area contributed by atoms with E-state index in [1.165, 1.54) is 141 Å². The van der Waals surface area contributed by atoms with Gasteiger partial charge in [0.25, 0.3) is 0 Å². The molecule has 338 valence electrons. The maximum absolute atomic E-state index is 12.7. The number of rotatable bonds is 45. The first-order valence-corrected chi connectivity index (χ1v) is 25.0. The summed E-state index contributed by atoms with van der Waals surface area (Å²) in [5.74, 6) is -0.915. The van der Waals surface area contributed by atoms with Crippen molar-refractivity contribution in [1.29, 1.82) is 0 Å². The molecule has 1 atom stereocenters. The molecule has 0 aromatic carbocycles. The highest BCUT2D eigenvalue weighted by atomic mass is 16.6. The van der Waals surface area contributed by atoms with E-state index in [1.807, 2.05) is 0 Å². The number of unbranched alkanes of at least 4 members (excludes halogenated alkanes) is 29. The van der Waals surface area contributed by atoms with Crippen LogP contribution in [0.3, 0.4) is 0 Å². The van der Waals surface area contributed by atoms with Gasteiger partial charge in [-0.2, -0.15) is 0 Å². The van der Waals surface area contributed by atoms with Crippen molar-refractivity contribution in [2.45, 2.75) is 264 Å². The Morgan fingerprint density at radius 3 is 1.03 bits per heavy atom. The fourth-order valence-corrected chi connectivity index (χ4v) is 7.06. The van der Waals surface area contributed by atoms with E-state index >= 15 is 0 Å². The van der Waals surface area contributed by atoms with E-state index in [9.17, 15) is 14.4 Å². The predicted molar refractivity (Wildman–Crippen MR) is 247 cm³/mol. The lowest BCUT2D eigenvalue weighted by atomic mass is 10.1. The first-order valence-electron chi connectivity index (χ1n) is 25.0. The molecule has 0 amide bonds. The van der Waals surface area contributed by atoms with Crippen molar-refractivity contribution in [3.63, 3.8) is 0 Å². The Labute approximate surface area is 359 Å². The smallest absolute Gasteiger partial charge is 0.306 e. The molecule has 6 nitrogen and oxygen atoms in total. The second kappa shape index (κ2) is 47.3.